The van der Waals surface area contributed by atoms with Crippen LogP contribution in [0.2, 0.25) is 0 Å². The van der Waals surface area contributed by atoms with Gasteiger partial charge in [0.05, 0.1) is 0 Å². The summed E-state index contributed by atoms with van der Waals surface area (Å²) in [4.78, 5) is 2.50. The van der Waals surface area contributed by atoms with Gasteiger partial charge in [-0.3, -0.25) is 0 Å². The van der Waals surface area contributed by atoms with Gasteiger partial charge < -0.3 is 10.6 Å². The highest BCUT2D eigenvalue weighted by Crippen LogP contribution is 2.09. The fourth-order valence-electron chi connectivity index (χ4n) is 1.85. The number of hydrogen-bond acceptors (Lipinski definition) is 2. The van der Waals surface area contributed by atoms with Crippen molar-refractivity contribution >= 4 is 0 Å². The first-order chi connectivity index (χ1) is 5.83. The first-order valence-electron chi connectivity index (χ1n) is 5.31. The Morgan fingerprint density at radius 1 is 1.33 bits per heavy atom. The molecule has 0 aromatic rings. The molecule has 1 heterocycles. The molecule has 0 aromatic carbocycles. The van der Waals surface area contributed by atoms with Crippen molar-refractivity contribution in [3.8, 4) is 0 Å². The van der Waals surface area contributed by atoms with E-state index in [1.165, 1.54) is 45.2 Å². The molecule has 1 atom stereocenters. The first kappa shape index (κ1) is 10.0. The summed E-state index contributed by atoms with van der Waals surface area (Å²) in [5.74, 6) is 0. The highest BCUT2D eigenvalue weighted by atomic mass is 15.1. The van der Waals surface area contributed by atoms with Gasteiger partial charge in [0, 0.05) is 12.6 Å². The average molecular weight is 170 g/mol. The van der Waals surface area contributed by atoms with Crippen LogP contribution in [0.25, 0.3) is 0 Å². The maximum absolute atomic E-state index is 6.00. The molecule has 1 rings (SSSR count). The zero-order valence-electron chi connectivity index (χ0n) is 8.26. The van der Waals surface area contributed by atoms with Crippen molar-refractivity contribution in [2.75, 3.05) is 19.6 Å². The van der Waals surface area contributed by atoms with E-state index in [1.54, 1.807) is 0 Å². The Hall–Kier alpha value is -0.0800. The van der Waals surface area contributed by atoms with E-state index >= 15 is 0 Å². The standard InChI is InChI=1S/C10H22N2/c1-2-3-6-10(11)9-12-7-4-5-8-12/h10H,2-9,11H2,1H3. The summed E-state index contributed by atoms with van der Waals surface area (Å²) in [7, 11) is 0. The minimum Gasteiger partial charge on any atom is -0.327 e. The fraction of sp³-hybridized carbons (Fsp3) is 1.00. The third-order valence-corrected chi connectivity index (χ3v) is 2.62. The Morgan fingerprint density at radius 2 is 2.00 bits per heavy atom. The summed E-state index contributed by atoms with van der Waals surface area (Å²) in [5.41, 5.74) is 6.00. The lowest BCUT2D eigenvalue weighted by Crippen LogP contribution is -2.35. The molecular weight excluding hydrogens is 148 g/mol. The Labute approximate surface area is 76.1 Å². The van der Waals surface area contributed by atoms with Gasteiger partial charge in [0.15, 0.2) is 0 Å². The SMILES string of the molecule is CCCCC(N)CN1CCCC1. The minimum absolute atomic E-state index is 0.419. The molecule has 72 valence electrons. The normalized spacial score (nSPS) is 21.5. The lowest BCUT2D eigenvalue weighted by molar-refractivity contribution is 0.305. The van der Waals surface area contributed by atoms with Crippen LogP contribution in [-0.2, 0) is 0 Å². The van der Waals surface area contributed by atoms with Gasteiger partial charge in [0.25, 0.3) is 0 Å². The van der Waals surface area contributed by atoms with Crippen LogP contribution in [-0.4, -0.2) is 30.6 Å². The zero-order valence-corrected chi connectivity index (χ0v) is 8.26. The van der Waals surface area contributed by atoms with Crippen molar-refractivity contribution in [1.29, 1.82) is 0 Å². The molecular formula is C10H22N2. The minimum atomic E-state index is 0.419. The molecule has 0 aromatic heterocycles. The maximum atomic E-state index is 6.00. The Balaban J connectivity index is 2.03. The van der Waals surface area contributed by atoms with Gasteiger partial charge in [-0.25, -0.2) is 0 Å². The highest BCUT2D eigenvalue weighted by Gasteiger charge is 2.13. The maximum Gasteiger partial charge on any atom is 0.0167 e. The predicted molar refractivity (Wildman–Crippen MR) is 53.2 cm³/mol. The van der Waals surface area contributed by atoms with Crippen LogP contribution in [0.15, 0.2) is 0 Å². The monoisotopic (exact) mass is 170 g/mol. The molecule has 0 amide bonds. The molecule has 2 heteroatoms. The molecule has 1 saturated heterocycles. The molecule has 1 fully saturated rings. The molecule has 1 aliphatic rings. The van der Waals surface area contributed by atoms with E-state index in [-0.39, 0.29) is 0 Å². The molecule has 0 saturated carbocycles. The number of hydrogen-bond donors (Lipinski definition) is 1. The van der Waals surface area contributed by atoms with Gasteiger partial charge in [-0.1, -0.05) is 19.8 Å². The lowest BCUT2D eigenvalue weighted by Gasteiger charge is -2.19. The van der Waals surface area contributed by atoms with Crippen molar-refractivity contribution < 1.29 is 0 Å². The first-order valence-corrected chi connectivity index (χ1v) is 5.31. The smallest absolute Gasteiger partial charge is 0.0167 e. The summed E-state index contributed by atoms with van der Waals surface area (Å²) in [6.07, 6.45) is 6.51. The van der Waals surface area contributed by atoms with Crippen LogP contribution >= 0.6 is 0 Å². The van der Waals surface area contributed by atoms with Crippen molar-refractivity contribution in [2.24, 2.45) is 5.73 Å². The summed E-state index contributed by atoms with van der Waals surface area (Å²) in [5, 5.41) is 0. The van der Waals surface area contributed by atoms with Crippen molar-refractivity contribution in [2.45, 2.75) is 45.1 Å². The Bertz CT molecular complexity index is 108. The molecule has 1 unspecified atom stereocenters. The van der Waals surface area contributed by atoms with Gasteiger partial charge in [-0.2, -0.15) is 0 Å². The Kier molecular flexibility index (Phi) is 4.62. The quantitative estimate of drug-likeness (QED) is 0.679. The second kappa shape index (κ2) is 5.55. The van der Waals surface area contributed by atoms with E-state index in [0.29, 0.717) is 6.04 Å². The lowest BCUT2D eigenvalue weighted by atomic mass is 10.1. The molecule has 2 N–H and O–H groups in total. The van der Waals surface area contributed by atoms with Crippen LogP contribution in [0, 0.1) is 0 Å². The van der Waals surface area contributed by atoms with E-state index in [4.69, 9.17) is 5.73 Å². The third-order valence-electron chi connectivity index (χ3n) is 2.62. The molecule has 12 heavy (non-hydrogen) atoms. The molecule has 2 nitrogen and oxygen atoms in total. The van der Waals surface area contributed by atoms with Crippen LogP contribution in [0.3, 0.4) is 0 Å². The molecule has 1 aliphatic heterocycles. The summed E-state index contributed by atoms with van der Waals surface area (Å²) in [6, 6.07) is 0.419. The van der Waals surface area contributed by atoms with E-state index in [9.17, 15) is 0 Å². The second-order valence-electron chi connectivity index (χ2n) is 3.91. The van der Waals surface area contributed by atoms with Crippen molar-refractivity contribution in [1.82, 2.24) is 4.90 Å². The van der Waals surface area contributed by atoms with Gasteiger partial charge >= 0.3 is 0 Å². The Morgan fingerprint density at radius 3 is 2.58 bits per heavy atom. The van der Waals surface area contributed by atoms with Crippen LogP contribution in [0.4, 0.5) is 0 Å². The highest BCUT2D eigenvalue weighted by molar-refractivity contribution is 4.72. The number of unbranched alkanes of at least 4 members (excludes halogenated alkanes) is 1. The van der Waals surface area contributed by atoms with Crippen molar-refractivity contribution in [3.05, 3.63) is 0 Å². The van der Waals surface area contributed by atoms with Crippen LogP contribution < -0.4 is 5.73 Å². The van der Waals surface area contributed by atoms with E-state index in [2.05, 4.69) is 11.8 Å². The topological polar surface area (TPSA) is 29.3 Å². The number of rotatable bonds is 5. The molecule has 0 bridgehead atoms. The summed E-state index contributed by atoms with van der Waals surface area (Å²) < 4.78 is 0. The van der Waals surface area contributed by atoms with E-state index in [0.717, 1.165) is 6.54 Å². The number of nitrogens with zero attached hydrogens (tertiary/aromatic N) is 1. The summed E-state index contributed by atoms with van der Waals surface area (Å²) in [6.45, 7) is 5.90. The third kappa shape index (κ3) is 3.55. The van der Waals surface area contributed by atoms with Gasteiger partial charge in [-0.05, 0) is 32.4 Å². The number of likely N-dealkylation sites (tertiary alicyclic amines) is 1. The molecule has 0 radical (unpaired) electrons. The van der Waals surface area contributed by atoms with Gasteiger partial charge in [0.1, 0.15) is 0 Å². The predicted octanol–water partition coefficient (Wildman–Crippen LogP) is 1.60. The van der Waals surface area contributed by atoms with Gasteiger partial charge in [-0.15, -0.1) is 0 Å². The largest absolute Gasteiger partial charge is 0.327 e. The van der Waals surface area contributed by atoms with Crippen LogP contribution in [0.1, 0.15) is 39.0 Å². The number of nitrogens with two attached hydrogens (primary N) is 1. The van der Waals surface area contributed by atoms with Crippen LogP contribution in [0.5, 0.6) is 0 Å². The molecule has 0 aliphatic carbocycles. The summed E-state index contributed by atoms with van der Waals surface area (Å²) >= 11 is 0. The van der Waals surface area contributed by atoms with E-state index in [1.807, 2.05) is 0 Å². The average Bonchev–Trinajstić information content (AvgIpc) is 2.53. The fourth-order valence-corrected chi connectivity index (χ4v) is 1.85. The van der Waals surface area contributed by atoms with E-state index < -0.39 is 0 Å². The van der Waals surface area contributed by atoms with Gasteiger partial charge in [0.2, 0.25) is 0 Å². The zero-order chi connectivity index (χ0) is 8.81. The second-order valence-corrected chi connectivity index (χ2v) is 3.91. The molecule has 0 spiro atoms. The van der Waals surface area contributed by atoms with Crippen molar-refractivity contribution in [3.63, 3.8) is 0 Å².